The molecule has 2 heterocycles. The van der Waals surface area contributed by atoms with Crippen LogP contribution in [0.25, 0.3) is 11.1 Å². The molecule has 0 aromatic carbocycles. The summed E-state index contributed by atoms with van der Waals surface area (Å²) in [5.41, 5.74) is 3.02. The molecule has 0 bridgehead atoms. The Hall–Kier alpha value is -1.55. The van der Waals surface area contributed by atoms with E-state index in [2.05, 4.69) is 15.2 Å². The van der Waals surface area contributed by atoms with Gasteiger partial charge in [-0.1, -0.05) is 18.3 Å². The van der Waals surface area contributed by atoms with Crippen molar-refractivity contribution >= 4 is 12.2 Å². The zero-order valence-corrected chi connectivity index (χ0v) is 8.51. The molecule has 0 saturated carbocycles. The van der Waals surface area contributed by atoms with Crippen LogP contribution in [0, 0.1) is 11.6 Å². The van der Waals surface area contributed by atoms with Crippen LogP contribution in [0.15, 0.2) is 30.6 Å². The van der Waals surface area contributed by atoms with Crippen LogP contribution in [-0.2, 0) is 0 Å². The van der Waals surface area contributed by atoms with Crippen molar-refractivity contribution in [3.8, 4) is 11.1 Å². The van der Waals surface area contributed by atoms with Crippen LogP contribution in [0.3, 0.4) is 0 Å². The summed E-state index contributed by atoms with van der Waals surface area (Å²) >= 11 is 4.99. The molecule has 2 rings (SSSR count). The molecular weight excluding hydrogens is 194 g/mol. The first-order valence-corrected chi connectivity index (χ1v) is 4.64. The fourth-order valence-corrected chi connectivity index (χ4v) is 1.35. The fraction of sp³-hybridized carbons (Fsp3) is 0.100. The van der Waals surface area contributed by atoms with Crippen molar-refractivity contribution in [2.75, 3.05) is 0 Å². The molecule has 0 aliphatic heterocycles. The van der Waals surface area contributed by atoms with Gasteiger partial charge in [-0.2, -0.15) is 5.10 Å². The van der Waals surface area contributed by atoms with E-state index in [1.807, 2.05) is 31.3 Å². The zero-order chi connectivity index (χ0) is 9.97. The minimum Gasteiger partial charge on any atom is -0.268 e. The smallest absolute Gasteiger partial charge is 0.120 e. The molecule has 0 unspecified atom stereocenters. The topological polar surface area (TPSA) is 41.6 Å². The number of aryl methyl sites for hydroxylation is 1. The van der Waals surface area contributed by atoms with E-state index in [-0.39, 0.29) is 0 Å². The monoisotopic (exact) mass is 203 g/mol. The van der Waals surface area contributed by atoms with E-state index in [0.29, 0.717) is 4.64 Å². The molecule has 3 nitrogen and oxygen atoms in total. The van der Waals surface area contributed by atoms with Crippen LogP contribution in [0.2, 0.25) is 0 Å². The molecule has 2 aromatic rings. The maximum atomic E-state index is 4.99. The Morgan fingerprint density at radius 2 is 2.07 bits per heavy atom. The van der Waals surface area contributed by atoms with E-state index in [0.717, 1.165) is 16.8 Å². The molecule has 14 heavy (non-hydrogen) atoms. The summed E-state index contributed by atoms with van der Waals surface area (Å²) in [5, 5.41) is 6.62. The lowest BCUT2D eigenvalue weighted by molar-refractivity contribution is 1.02. The second-order valence-electron chi connectivity index (χ2n) is 3.02. The molecule has 0 atom stereocenters. The van der Waals surface area contributed by atoms with Crippen LogP contribution in [0.4, 0.5) is 0 Å². The van der Waals surface area contributed by atoms with E-state index in [4.69, 9.17) is 12.2 Å². The molecule has 4 heteroatoms. The second-order valence-corrected chi connectivity index (χ2v) is 3.46. The molecule has 2 aromatic heterocycles. The van der Waals surface area contributed by atoms with Crippen molar-refractivity contribution in [3.63, 3.8) is 0 Å². The van der Waals surface area contributed by atoms with Crippen molar-refractivity contribution in [2.45, 2.75) is 6.92 Å². The standard InChI is InChI=1S/C10H9N3S/c1-7-2-3-8(5-11-7)9-4-10(14)13-12-6-9/h2-6H,1H3,(H,13,14). The number of nitrogens with one attached hydrogen (secondary N) is 1. The van der Waals surface area contributed by atoms with Crippen LogP contribution in [0.1, 0.15) is 5.69 Å². The number of hydrogen-bond acceptors (Lipinski definition) is 3. The number of aromatic amines is 1. The Bertz CT molecular complexity index is 487. The van der Waals surface area contributed by atoms with Crippen LogP contribution in [-0.4, -0.2) is 15.2 Å². The quantitative estimate of drug-likeness (QED) is 0.724. The Morgan fingerprint density at radius 1 is 1.21 bits per heavy atom. The predicted molar refractivity (Wildman–Crippen MR) is 57.4 cm³/mol. The summed E-state index contributed by atoms with van der Waals surface area (Å²) in [6.07, 6.45) is 3.56. The van der Waals surface area contributed by atoms with Gasteiger partial charge < -0.3 is 0 Å². The maximum absolute atomic E-state index is 4.99. The third kappa shape index (κ3) is 1.85. The number of hydrogen-bond donors (Lipinski definition) is 1. The van der Waals surface area contributed by atoms with E-state index >= 15 is 0 Å². The Kier molecular flexibility index (Phi) is 2.37. The van der Waals surface area contributed by atoms with Crippen molar-refractivity contribution in [3.05, 3.63) is 40.9 Å². The van der Waals surface area contributed by atoms with Gasteiger partial charge in [-0.05, 0) is 19.1 Å². The Balaban J connectivity index is 2.50. The van der Waals surface area contributed by atoms with Crippen molar-refractivity contribution < 1.29 is 0 Å². The van der Waals surface area contributed by atoms with Crippen molar-refractivity contribution in [1.82, 2.24) is 15.2 Å². The molecule has 0 spiro atoms. The van der Waals surface area contributed by atoms with Gasteiger partial charge in [-0.3, -0.25) is 10.1 Å². The van der Waals surface area contributed by atoms with Gasteiger partial charge in [0.2, 0.25) is 0 Å². The number of pyridine rings is 1. The van der Waals surface area contributed by atoms with Crippen LogP contribution >= 0.6 is 12.2 Å². The molecule has 0 amide bonds. The summed E-state index contributed by atoms with van der Waals surface area (Å²) in [5.74, 6) is 0. The highest BCUT2D eigenvalue weighted by Gasteiger charge is 1.97. The number of H-pyrrole nitrogens is 1. The normalized spacial score (nSPS) is 10.1. The summed E-state index contributed by atoms with van der Waals surface area (Å²) in [7, 11) is 0. The molecular formula is C10H9N3S. The number of nitrogens with zero attached hydrogens (tertiary/aromatic N) is 2. The van der Waals surface area contributed by atoms with Crippen LogP contribution < -0.4 is 0 Å². The first-order valence-electron chi connectivity index (χ1n) is 4.23. The van der Waals surface area contributed by atoms with E-state index in [9.17, 15) is 0 Å². The minimum atomic E-state index is 0.628. The molecule has 1 N–H and O–H groups in total. The van der Waals surface area contributed by atoms with Crippen LogP contribution in [0.5, 0.6) is 0 Å². The molecule has 70 valence electrons. The van der Waals surface area contributed by atoms with Gasteiger partial charge >= 0.3 is 0 Å². The molecule has 0 aliphatic carbocycles. The van der Waals surface area contributed by atoms with Gasteiger partial charge in [0.1, 0.15) is 4.64 Å². The lowest BCUT2D eigenvalue weighted by atomic mass is 10.1. The summed E-state index contributed by atoms with van der Waals surface area (Å²) in [6, 6.07) is 5.85. The molecule has 0 radical (unpaired) electrons. The largest absolute Gasteiger partial charge is 0.268 e. The highest BCUT2D eigenvalue weighted by atomic mass is 32.1. The number of aromatic nitrogens is 3. The minimum absolute atomic E-state index is 0.628. The van der Waals surface area contributed by atoms with Crippen molar-refractivity contribution in [2.24, 2.45) is 0 Å². The maximum Gasteiger partial charge on any atom is 0.120 e. The summed E-state index contributed by atoms with van der Waals surface area (Å²) in [6.45, 7) is 1.96. The van der Waals surface area contributed by atoms with Gasteiger partial charge in [0, 0.05) is 23.0 Å². The summed E-state index contributed by atoms with van der Waals surface area (Å²) < 4.78 is 0.628. The Morgan fingerprint density at radius 3 is 2.71 bits per heavy atom. The van der Waals surface area contributed by atoms with E-state index < -0.39 is 0 Å². The second kappa shape index (κ2) is 3.67. The van der Waals surface area contributed by atoms with Gasteiger partial charge in [-0.25, -0.2) is 0 Å². The van der Waals surface area contributed by atoms with Gasteiger partial charge in [0.05, 0.1) is 6.20 Å². The average molecular weight is 203 g/mol. The highest BCUT2D eigenvalue weighted by molar-refractivity contribution is 7.71. The molecule has 0 fully saturated rings. The lowest BCUT2D eigenvalue weighted by Gasteiger charge is -1.99. The van der Waals surface area contributed by atoms with Gasteiger partial charge in [0.15, 0.2) is 0 Å². The van der Waals surface area contributed by atoms with E-state index in [1.165, 1.54) is 0 Å². The van der Waals surface area contributed by atoms with Crippen molar-refractivity contribution in [1.29, 1.82) is 0 Å². The van der Waals surface area contributed by atoms with E-state index in [1.54, 1.807) is 6.20 Å². The summed E-state index contributed by atoms with van der Waals surface area (Å²) in [4.78, 5) is 4.21. The average Bonchev–Trinajstić information content (AvgIpc) is 2.19. The highest BCUT2D eigenvalue weighted by Crippen LogP contribution is 2.16. The third-order valence-corrected chi connectivity index (χ3v) is 2.12. The zero-order valence-electron chi connectivity index (χ0n) is 7.69. The molecule has 0 aliphatic rings. The predicted octanol–water partition coefficient (Wildman–Crippen LogP) is 2.51. The van der Waals surface area contributed by atoms with Gasteiger partial charge in [-0.15, -0.1) is 0 Å². The third-order valence-electron chi connectivity index (χ3n) is 1.91. The lowest BCUT2D eigenvalue weighted by Crippen LogP contribution is -1.86. The number of rotatable bonds is 1. The fourth-order valence-electron chi connectivity index (χ4n) is 1.17. The first kappa shape index (κ1) is 9.02. The Labute approximate surface area is 86.8 Å². The molecule has 0 saturated heterocycles. The van der Waals surface area contributed by atoms with Gasteiger partial charge in [0.25, 0.3) is 0 Å². The SMILES string of the molecule is Cc1ccc(-c2cn[nH]c(=S)c2)cn1. The first-order chi connectivity index (χ1) is 6.75.